The Kier molecular flexibility index (Phi) is 7.28. The van der Waals surface area contributed by atoms with Gasteiger partial charge in [0.25, 0.3) is 0 Å². The van der Waals surface area contributed by atoms with Crippen molar-refractivity contribution in [1.82, 2.24) is 29.4 Å². The summed E-state index contributed by atoms with van der Waals surface area (Å²) in [5.41, 5.74) is 3.66. The van der Waals surface area contributed by atoms with Crippen molar-refractivity contribution < 1.29 is 17.6 Å². The minimum Gasteiger partial charge on any atom is -0.367 e. The lowest BCUT2D eigenvalue weighted by molar-refractivity contribution is -0.132. The second kappa shape index (κ2) is 11.0. The molecule has 2 aliphatic heterocycles. The van der Waals surface area contributed by atoms with Crippen LogP contribution in [0.2, 0.25) is 0 Å². The van der Waals surface area contributed by atoms with E-state index in [2.05, 4.69) is 24.8 Å². The highest BCUT2D eigenvalue weighted by Crippen LogP contribution is 2.32. The summed E-state index contributed by atoms with van der Waals surface area (Å²) in [5, 5.41) is -0.327. The van der Waals surface area contributed by atoms with Crippen LogP contribution in [-0.2, 0) is 21.2 Å². The van der Waals surface area contributed by atoms with Crippen LogP contribution >= 0.6 is 0 Å². The molecule has 0 spiro atoms. The van der Waals surface area contributed by atoms with Crippen LogP contribution in [0.15, 0.2) is 55.2 Å². The summed E-state index contributed by atoms with van der Waals surface area (Å²) < 4.78 is 39.9. The highest BCUT2D eigenvalue weighted by molar-refractivity contribution is 7.91. The van der Waals surface area contributed by atoms with Crippen molar-refractivity contribution >= 4 is 38.5 Å². The maximum Gasteiger partial charge on any atom is 0.242 e. The lowest BCUT2D eigenvalue weighted by Gasteiger charge is -2.37. The molecular formula is C28H31FN8O3S. The van der Waals surface area contributed by atoms with Crippen molar-refractivity contribution in [3.05, 3.63) is 61.1 Å². The zero-order valence-corrected chi connectivity index (χ0v) is 23.5. The summed E-state index contributed by atoms with van der Waals surface area (Å²) in [6.07, 6.45) is 9.07. The first-order chi connectivity index (χ1) is 19.8. The Morgan fingerprint density at radius 3 is 2.39 bits per heavy atom. The Morgan fingerprint density at radius 1 is 0.951 bits per heavy atom. The monoisotopic (exact) mass is 578 g/mol. The van der Waals surface area contributed by atoms with E-state index in [0.29, 0.717) is 74.8 Å². The lowest BCUT2D eigenvalue weighted by atomic mass is 10.0. The minimum absolute atomic E-state index is 0.00140. The molecule has 0 unspecified atom stereocenters. The quantitative estimate of drug-likeness (QED) is 0.340. The molecule has 3 aromatic heterocycles. The topological polar surface area (TPSA) is 117 Å². The zero-order chi connectivity index (χ0) is 28.6. The smallest absolute Gasteiger partial charge is 0.242 e. The molecule has 4 aromatic rings. The third-order valence-electron chi connectivity index (χ3n) is 7.89. The number of fused-ring (bicyclic) bond motifs is 1. The van der Waals surface area contributed by atoms with Gasteiger partial charge in [0.15, 0.2) is 5.65 Å². The van der Waals surface area contributed by atoms with E-state index in [1.165, 1.54) is 18.4 Å². The first-order valence-electron chi connectivity index (χ1n) is 13.6. The predicted molar refractivity (Wildman–Crippen MR) is 154 cm³/mol. The molecule has 13 heteroatoms. The largest absolute Gasteiger partial charge is 0.367 e. The van der Waals surface area contributed by atoms with Crippen molar-refractivity contribution in [2.24, 2.45) is 0 Å². The number of carbonyl (C=O) groups excluding carboxylic acids is 1. The van der Waals surface area contributed by atoms with E-state index in [1.54, 1.807) is 35.6 Å². The number of hydrogen-bond acceptors (Lipinski definition) is 9. The van der Waals surface area contributed by atoms with Gasteiger partial charge in [0.1, 0.15) is 27.7 Å². The predicted octanol–water partition coefficient (Wildman–Crippen LogP) is 2.39. The summed E-state index contributed by atoms with van der Waals surface area (Å²) in [7, 11) is -3.06. The highest BCUT2D eigenvalue weighted by atomic mass is 32.2. The van der Waals surface area contributed by atoms with E-state index in [9.17, 15) is 17.6 Å². The van der Waals surface area contributed by atoms with Crippen LogP contribution in [-0.4, -0.2) is 94.5 Å². The van der Waals surface area contributed by atoms with Gasteiger partial charge in [-0.1, -0.05) is 0 Å². The van der Waals surface area contributed by atoms with Crippen molar-refractivity contribution in [1.29, 1.82) is 0 Å². The maximum atomic E-state index is 14.4. The fraction of sp³-hybridized carbons (Fsp3) is 0.393. The SMILES string of the molecule is CS(=O)(=O)C1CCN(c2ncc(-c3cc(F)ccc3N3CCN(C(=O)Cn4cnc5cccnc54)CC3)cn2)CC1. The van der Waals surface area contributed by atoms with Crippen LogP contribution in [0.25, 0.3) is 22.3 Å². The molecule has 2 aliphatic rings. The van der Waals surface area contributed by atoms with Crippen LogP contribution < -0.4 is 9.80 Å². The van der Waals surface area contributed by atoms with Crippen molar-refractivity contribution in [2.45, 2.75) is 24.6 Å². The van der Waals surface area contributed by atoms with E-state index in [4.69, 9.17) is 0 Å². The Hall–Kier alpha value is -4.13. The van der Waals surface area contributed by atoms with Crippen LogP contribution in [0, 0.1) is 5.82 Å². The minimum atomic E-state index is -3.06. The number of imidazole rings is 1. The number of hydrogen-bond donors (Lipinski definition) is 0. The summed E-state index contributed by atoms with van der Waals surface area (Å²) in [5.74, 6) is 0.177. The summed E-state index contributed by atoms with van der Waals surface area (Å²) in [6, 6.07) is 8.37. The standard InChI is InChI=1S/C28H31FN8O3S/c1-41(39,40)22-6-9-36(10-7-22)28-31-16-20(17-32-28)23-15-21(29)4-5-25(23)34-11-13-35(14-12-34)26(38)18-37-19-33-24-3-2-8-30-27(24)37/h2-5,8,15-17,19,22H,6-7,9-14,18H2,1H3. The number of anilines is 2. The number of amides is 1. The van der Waals surface area contributed by atoms with Crippen LogP contribution in [0.4, 0.5) is 16.0 Å². The van der Waals surface area contributed by atoms with Crippen LogP contribution in [0.1, 0.15) is 12.8 Å². The number of carbonyl (C=O) groups is 1. The number of piperidine rings is 1. The van der Waals surface area contributed by atoms with Crippen molar-refractivity contribution in [3.63, 3.8) is 0 Å². The highest BCUT2D eigenvalue weighted by Gasteiger charge is 2.28. The Balaban J connectivity index is 1.12. The molecule has 5 heterocycles. The number of aromatic nitrogens is 5. The van der Waals surface area contributed by atoms with Gasteiger partial charge in [-0.05, 0) is 43.2 Å². The second-order valence-corrected chi connectivity index (χ2v) is 12.9. The summed E-state index contributed by atoms with van der Waals surface area (Å²) >= 11 is 0. The molecule has 0 atom stereocenters. The molecule has 6 rings (SSSR count). The molecule has 2 saturated heterocycles. The van der Waals surface area contributed by atoms with Gasteiger partial charge < -0.3 is 19.3 Å². The molecule has 1 aromatic carbocycles. The molecule has 2 fully saturated rings. The van der Waals surface area contributed by atoms with Gasteiger partial charge >= 0.3 is 0 Å². The fourth-order valence-corrected chi connectivity index (χ4v) is 6.65. The number of nitrogens with zero attached hydrogens (tertiary/aromatic N) is 8. The molecule has 0 bridgehead atoms. The molecule has 11 nitrogen and oxygen atoms in total. The third kappa shape index (κ3) is 5.71. The number of pyridine rings is 1. The van der Waals surface area contributed by atoms with Gasteiger partial charge in [0, 0.05) is 80.9 Å². The Bertz CT molecular complexity index is 1660. The van der Waals surface area contributed by atoms with E-state index in [1.807, 2.05) is 21.9 Å². The number of benzene rings is 1. The van der Waals surface area contributed by atoms with Gasteiger partial charge in [-0.25, -0.2) is 32.7 Å². The summed E-state index contributed by atoms with van der Waals surface area (Å²) in [6.45, 7) is 3.58. The molecule has 41 heavy (non-hydrogen) atoms. The van der Waals surface area contributed by atoms with Gasteiger partial charge in [0.05, 0.1) is 11.6 Å². The first kappa shape index (κ1) is 27.1. The molecule has 0 aliphatic carbocycles. The molecule has 0 saturated carbocycles. The van der Waals surface area contributed by atoms with Gasteiger partial charge in [-0.15, -0.1) is 0 Å². The Morgan fingerprint density at radius 2 is 1.68 bits per heavy atom. The molecular weight excluding hydrogens is 547 g/mol. The second-order valence-electron chi connectivity index (χ2n) is 10.5. The number of halogens is 1. The van der Waals surface area contributed by atoms with Crippen molar-refractivity contribution in [2.75, 3.05) is 55.3 Å². The summed E-state index contributed by atoms with van der Waals surface area (Å²) in [4.78, 5) is 36.7. The molecule has 0 radical (unpaired) electrons. The van der Waals surface area contributed by atoms with Crippen molar-refractivity contribution in [3.8, 4) is 11.1 Å². The van der Waals surface area contributed by atoms with E-state index in [0.717, 1.165) is 11.2 Å². The molecule has 0 N–H and O–H groups in total. The number of rotatable bonds is 6. The zero-order valence-electron chi connectivity index (χ0n) is 22.7. The van der Waals surface area contributed by atoms with E-state index < -0.39 is 9.84 Å². The molecule has 214 valence electrons. The number of piperazine rings is 1. The van der Waals surface area contributed by atoms with E-state index in [-0.39, 0.29) is 23.5 Å². The van der Waals surface area contributed by atoms with Crippen LogP contribution in [0.5, 0.6) is 0 Å². The molecule has 1 amide bonds. The normalized spacial score (nSPS) is 16.9. The first-order valence-corrected chi connectivity index (χ1v) is 15.6. The fourth-order valence-electron chi connectivity index (χ4n) is 5.58. The van der Waals surface area contributed by atoms with Crippen LogP contribution in [0.3, 0.4) is 0 Å². The average molecular weight is 579 g/mol. The van der Waals surface area contributed by atoms with Gasteiger partial charge in [-0.3, -0.25) is 4.79 Å². The van der Waals surface area contributed by atoms with Gasteiger partial charge in [0.2, 0.25) is 11.9 Å². The maximum absolute atomic E-state index is 14.4. The lowest BCUT2D eigenvalue weighted by Crippen LogP contribution is -2.49. The Labute approximate surface area is 237 Å². The third-order valence-corrected chi connectivity index (χ3v) is 9.57. The van der Waals surface area contributed by atoms with E-state index >= 15 is 0 Å². The van der Waals surface area contributed by atoms with Gasteiger partial charge in [-0.2, -0.15) is 0 Å². The average Bonchev–Trinajstić information content (AvgIpc) is 3.39. The number of sulfone groups is 1.